The zero-order valence-corrected chi connectivity index (χ0v) is 11.4. The van der Waals surface area contributed by atoms with E-state index in [0.717, 1.165) is 12.1 Å². The van der Waals surface area contributed by atoms with E-state index in [0.29, 0.717) is 0 Å². The van der Waals surface area contributed by atoms with Gasteiger partial charge >= 0.3 is 0 Å². The molecule has 5 nitrogen and oxygen atoms in total. The second-order valence-corrected chi connectivity index (χ2v) is 4.67. The van der Waals surface area contributed by atoms with Crippen LogP contribution in [0.1, 0.15) is 25.7 Å². The first-order chi connectivity index (χ1) is 9.90. The van der Waals surface area contributed by atoms with Crippen molar-refractivity contribution in [3.8, 4) is 11.5 Å². The van der Waals surface area contributed by atoms with Gasteiger partial charge in [-0.25, -0.2) is 13.2 Å². The summed E-state index contributed by atoms with van der Waals surface area (Å²) in [5, 5.41) is 3.59. The van der Waals surface area contributed by atoms with Crippen molar-refractivity contribution in [3.63, 3.8) is 0 Å². The fourth-order valence-corrected chi connectivity index (χ4v) is 1.56. The topological polar surface area (TPSA) is 74.2 Å². The highest BCUT2D eigenvalue weighted by Crippen LogP contribution is 2.25. The van der Waals surface area contributed by atoms with E-state index in [2.05, 4.69) is 10.1 Å². The van der Waals surface area contributed by atoms with E-state index in [4.69, 9.17) is 15.0 Å². The summed E-state index contributed by atoms with van der Waals surface area (Å²) in [5.41, 5.74) is 5.46. The van der Waals surface area contributed by atoms with Gasteiger partial charge in [0.15, 0.2) is 23.3 Å². The second-order valence-electron chi connectivity index (χ2n) is 4.67. The number of hydrogen-bond donors (Lipinski definition) is 1. The average molecular weight is 301 g/mol. The van der Waals surface area contributed by atoms with E-state index in [1.807, 2.05) is 13.8 Å². The Morgan fingerprint density at radius 3 is 2.62 bits per heavy atom. The van der Waals surface area contributed by atoms with Gasteiger partial charge in [0.25, 0.3) is 5.89 Å². The van der Waals surface area contributed by atoms with Gasteiger partial charge in [-0.2, -0.15) is 4.98 Å². The van der Waals surface area contributed by atoms with Crippen LogP contribution >= 0.6 is 0 Å². The molecule has 2 aromatic rings. The molecule has 1 heterocycles. The van der Waals surface area contributed by atoms with Gasteiger partial charge < -0.3 is 15.0 Å². The predicted octanol–water partition coefficient (Wildman–Crippen LogP) is 2.58. The van der Waals surface area contributed by atoms with Crippen molar-refractivity contribution in [3.05, 3.63) is 35.4 Å². The van der Waals surface area contributed by atoms with Crippen molar-refractivity contribution in [1.82, 2.24) is 10.1 Å². The average Bonchev–Trinajstić information content (AvgIpc) is 2.92. The first-order valence-electron chi connectivity index (χ1n) is 6.24. The molecule has 114 valence electrons. The molecule has 8 heteroatoms. The lowest BCUT2D eigenvalue weighted by Gasteiger charge is -2.10. The van der Waals surface area contributed by atoms with E-state index >= 15 is 0 Å². The molecule has 0 aliphatic carbocycles. The molecule has 0 saturated heterocycles. The van der Waals surface area contributed by atoms with E-state index in [-0.39, 0.29) is 30.0 Å². The fourth-order valence-electron chi connectivity index (χ4n) is 1.56. The van der Waals surface area contributed by atoms with E-state index in [9.17, 15) is 13.2 Å². The number of hydrogen-bond acceptors (Lipinski definition) is 5. The van der Waals surface area contributed by atoms with Crippen LogP contribution in [0.3, 0.4) is 0 Å². The van der Waals surface area contributed by atoms with Gasteiger partial charge in [0.1, 0.15) is 0 Å². The quantitative estimate of drug-likeness (QED) is 0.859. The highest BCUT2D eigenvalue weighted by molar-refractivity contribution is 5.54. The Morgan fingerprint density at radius 2 is 1.95 bits per heavy atom. The Balaban J connectivity index is 2.22. The lowest BCUT2D eigenvalue weighted by molar-refractivity contribution is 0.0665. The maximum absolute atomic E-state index is 13.6. The van der Waals surface area contributed by atoms with Crippen molar-refractivity contribution in [2.45, 2.75) is 26.0 Å². The van der Waals surface area contributed by atoms with Crippen molar-refractivity contribution >= 4 is 0 Å². The summed E-state index contributed by atoms with van der Waals surface area (Å²) in [6.07, 6.45) is -0.0222. The Hall–Kier alpha value is -1.93. The number of aromatic nitrogens is 2. The molecule has 0 fully saturated rings. The van der Waals surface area contributed by atoms with E-state index in [1.165, 1.54) is 0 Å². The molecular formula is C13H14F3N3O2. The molecule has 2 rings (SSSR count). The maximum Gasteiger partial charge on any atom is 0.261 e. The van der Waals surface area contributed by atoms with Crippen LogP contribution in [0.25, 0.3) is 11.5 Å². The normalized spacial score (nSPS) is 12.9. The van der Waals surface area contributed by atoms with E-state index in [1.54, 1.807) is 0 Å². The van der Waals surface area contributed by atoms with Gasteiger partial charge in [0.05, 0.1) is 24.3 Å². The number of nitrogens with two attached hydrogens (primary N) is 1. The monoisotopic (exact) mass is 301 g/mol. The first kappa shape index (κ1) is 15.5. The van der Waals surface area contributed by atoms with Crippen LogP contribution < -0.4 is 5.73 Å². The number of halogens is 3. The molecule has 0 aliphatic rings. The van der Waals surface area contributed by atoms with Gasteiger partial charge in [-0.3, -0.25) is 0 Å². The highest BCUT2D eigenvalue weighted by Gasteiger charge is 2.21. The summed E-state index contributed by atoms with van der Waals surface area (Å²) in [5.74, 6) is -4.47. The number of ether oxygens (including phenoxy) is 1. The predicted molar refractivity (Wildman–Crippen MR) is 67.6 cm³/mol. The maximum atomic E-state index is 13.6. The standard InChI is InChI=1S/C13H14F3N3O2/c1-6(2)20-5-9(17)12-18-13(21-19-12)7-3-4-8(14)11(16)10(7)15/h3-4,6,9H,5,17H2,1-2H3. The number of nitrogens with zero attached hydrogens (tertiary/aromatic N) is 2. The summed E-state index contributed by atoms with van der Waals surface area (Å²) in [6, 6.07) is 1.12. The van der Waals surface area contributed by atoms with Crippen LogP contribution in [-0.4, -0.2) is 22.9 Å². The molecule has 1 aromatic heterocycles. The van der Waals surface area contributed by atoms with Crippen LogP contribution in [0.4, 0.5) is 13.2 Å². The summed E-state index contributed by atoms with van der Waals surface area (Å²) >= 11 is 0. The smallest absolute Gasteiger partial charge is 0.261 e. The van der Waals surface area contributed by atoms with Crippen molar-refractivity contribution in [2.75, 3.05) is 6.61 Å². The van der Waals surface area contributed by atoms with Crippen LogP contribution in [0.5, 0.6) is 0 Å². The molecule has 1 aromatic carbocycles. The molecule has 0 bridgehead atoms. The summed E-state index contributed by atoms with van der Waals surface area (Å²) in [6.45, 7) is 3.83. The van der Waals surface area contributed by atoms with Gasteiger partial charge in [0, 0.05) is 0 Å². The Kier molecular flexibility index (Phi) is 4.59. The van der Waals surface area contributed by atoms with Gasteiger partial charge in [-0.15, -0.1) is 0 Å². The van der Waals surface area contributed by atoms with Gasteiger partial charge in [0.2, 0.25) is 0 Å². The fraction of sp³-hybridized carbons (Fsp3) is 0.385. The molecule has 0 spiro atoms. The van der Waals surface area contributed by atoms with Crippen LogP contribution in [0.2, 0.25) is 0 Å². The zero-order valence-electron chi connectivity index (χ0n) is 11.4. The zero-order chi connectivity index (χ0) is 15.6. The molecule has 1 unspecified atom stereocenters. The lowest BCUT2D eigenvalue weighted by atomic mass is 10.2. The molecule has 0 amide bonds. The minimum absolute atomic E-state index is 0.0222. The van der Waals surface area contributed by atoms with Gasteiger partial charge in [-0.1, -0.05) is 5.16 Å². The third-order valence-electron chi connectivity index (χ3n) is 2.65. The number of rotatable bonds is 5. The molecule has 21 heavy (non-hydrogen) atoms. The lowest BCUT2D eigenvalue weighted by Crippen LogP contribution is -2.20. The number of benzene rings is 1. The summed E-state index contributed by atoms with van der Waals surface area (Å²) in [4.78, 5) is 3.88. The Labute approximate surface area is 118 Å². The molecular weight excluding hydrogens is 287 g/mol. The van der Waals surface area contributed by atoms with Gasteiger partial charge in [-0.05, 0) is 26.0 Å². The molecule has 0 saturated carbocycles. The molecule has 2 N–H and O–H groups in total. The van der Waals surface area contributed by atoms with E-state index < -0.39 is 23.5 Å². The van der Waals surface area contributed by atoms with Crippen molar-refractivity contribution in [1.29, 1.82) is 0 Å². The first-order valence-corrected chi connectivity index (χ1v) is 6.24. The third kappa shape index (κ3) is 3.40. The Bertz CT molecular complexity index is 631. The van der Waals surface area contributed by atoms with Crippen LogP contribution in [-0.2, 0) is 4.74 Å². The van der Waals surface area contributed by atoms with Crippen LogP contribution in [0, 0.1) is 17.5 Å². The molecule has 0 radical (unpaired) electrons. The van der Waals surface area contributed by atoms with Crippen LogP contribution in [0.15, 0.2) is 16.7 Å². The van der Waals surface area contributed by atoms with Crippen molar-refractivity contribution < 1.29 is 22.4 Å². The molecule has 0 aliphatic heterocycles. The largest absolute Gasteiger partial charge is 0.377 e. The third-order valence-corrected chi connectivity index (χ3v) is 2.65. The molecule has 1 atom stereocenters. The minimum atomic E-state index is -1.60. The minimum Gasteiger partial charge on any atom is -0.377 e. The highest BCUT2D eigenvalue weighted by atomic mass is 19.2. The van der Waals surface area contributed by atoms with Crippen molar-refractivity contribution in [2.24, 2.45) is 5.73 Å². The Morgan fingerprint density at radius 1 is 1.24 bits per heavy atom. The second kappa shape index (κ2) is 6.23. The SMILES string of the molecule is CC(C)OCC(N)c1noc(-c2ccc(F)c(F)c2F)n1. The summed E-state index contributed by atoms with van der Waals surface area (Å²) in [7, 11) is 0. The summed E-state index contributed by atoms with van der Waals surface area (Å²) < 4.78 is 49.8.